The normalized spacial score (nSPS) is 23.6. The highest BCUT2D eigenvalue weighted by atomic mass is 16.5. The lowest BCUT2D eigenvalue weighted by molar-refractivity contribution is -0.138. The number of pyridine rings is 1. The predicted molar refractivity (Wildman–Crippen MR) is 114 cm³/mol. The van der Waals surface area contributed by atoms with Crippen LogP contribution in [0.2, 0.25) is 0 Å². The highest BCUT2D eigenvalue weighted by Crippen LogP contribution is 2.52. The van der Waals surface area contributed by atoms with Crippen LogP contribution in [-0.4, -0.2) is 36.3 Å². The van der Waals surface area contributed by atoms with Gasteiger partial charge in [0, 0.05) is 29.6 Å². The van der Waals surface area contributed by atoms with E-state index in [0.717, 1.165) is 12.8 Å². The zero-order chi connectivity index (χ0) is 22.6. The van der Waals surface area contributed by atoms with Crippen LogP contribution in [0.15, 0.2) is 46.6 Å². The Kier molecular flexibility index (Phi) is 4.59. The molecule has 0 aliphatic carbocycles. The largest absolute Gasteiger partial charge is 0.465 e. The predicted octanol–water partition coefficient (Wildman–Crippen LogP) is 1.31. The van der Waals surface area contributed by atoms with Gasteiger partial charge in [-0.1, -0.05) is 18.2 Å². The number of methoxy groups -OCH3 is 1. The molecule has 3 aliphatic rings. The molecule has 0 unspecified atom stereocenters. The average molecular weight is 437 g/mol. The minimum Gasteiger partial charge on any atom is -0.465 e. The molecule has 166 valence electrons. The summed E-state index contributed by atoms with van der Waals surface area (Å²) in [6.07, 6.45) is 1.67. The Morgan fingerprint density at radius 2 is 2.12 bits per heavy atom. The van der Waals surface area contributed by atoms with Gasteiger partial charge in [0.1, 0.15) is 16.7 Å². The quantitative estimate of drug-likeness (QED) is 0.694. The number of esters is 1. The molecular formula is C23H23N3O6. The van der Waals surface area contributed by atoms with Gasteiger partial charge < -0.3 is 29.8 Å². The van der Waals surface area contributed by atoms with Gasteiger partial charge in [-0.15, -0.1) is 0 Å². The van der Waals surface area contributed by atoms with Gasteiger partial charge in [-0.05, 0) is 25.8 Å². The van der Waals surface area contributed by atoms with E-state index in [1.54, 1.807) is 41.8 Å². The van der Waals surface area contributed by atoms with Crippen LogP contribution in [0.3, 0.4) is 0 Å². The van der Waals surface area contributed by atoms with E-state index in [0.29, 0.717) is 30.1 Å². The second-order valence-electron chi connectivity index (χ2n) is 8.16. The summed E-state index contributed by atoms with van der Waals surface area (Å²) >= 11 is 0. The van der Waals surface area contributed by atoms with Crippen molar-refractivity contribution >= 4 is 17.6 Å². The van der Waals surface area contributed by atoms with Crippen LogP contribution < -0.4 is 21.3 Å². The number of nitrogens with two attached hydrogens (primary N) is 1. The lowest BCUT2D eigenvalue weighted by Crippen LogP contribution is -2.50. The van der Waals surface area contributed by atoms with Crippen LogP contribution in [0.1, 0.15) is 29.7 Å². The number of nitrogens with zero attached hydrogens (tertiary/aromatic N) is 1. The molecule has 1 aromatic carbocycles. The molecule has 9 nitrogen and oxygen atoms in total. The number of ether oxygens (including phenoxy) is 3. The molecule has 9 heteroatoms. The van der Waals surface area contributed by atoms with Gasteiger partial charge in [0.2, 0.25) is 11.8 Å². The van der Waals surface area contributed by atoms with Gasteiger partial charge >= 0.3 is 5.97 Å². The maximum absolute atomic E-state index is 13.9. The molecule has 1 amide bonds. The minimum atomic E-state index is -1.79. The number of rotatable bonds is 3. The van der Waals surface area contributed by atoms with Crippen LogP contribution in [-0.2, 0) is 31.0 Å². The van der Waals surface area contributed by atoms with E-state index in [-0.39, 0.29) is 28.9 Å². The SMILES string of the molecule is COC(=O)C1=C(N)Oc2cc(C)n(C[C@H]3CCCO3)c(=O)c2[C@@]12C(=O)Nc1ccccc12. The van der Waals surface area contributed by atoms with Crippen molar-refractivity contribution in [1.29, 1.82) is 0 Å². The van der Waals surface area contributed by atoms with E-state index < -0.39 is 22.9 Å². The Morgan fingerprint density at radius 3 is 2.84 bits per heavy atom. The third-order valence-electron chi connectivity index (χ3n) is 6.41. The number of nitrogens with one attached hydrogen (secondary N) is 1. The standard InChI is InChI=1S/C23H23N3O6/c1-12-10-16-17(20(27)26(12)11-13-6-5-9-31-13)23(18(19(24)32-16)21(28)30-2)14-7-3-4-8-15(14)25-22(23)29/h3-4,7-8,10,13H,5-6,9,11,24H2,1-2H3,(H,25,29)/t13-,23-/m1/s1. The number of aryl methyl sites for hydroxylation is 1. The summed E-state index contributed by atoms with van der Waals surface area (Å²) in [5.41, 5.74) is 5.35. The van der Waals surface area contributed by atoms with E-state index in [1.165, 1.54) is 7.11 Å². The molecule has 3 aliphatic heterocycles. The van der Waals surface area contributed by atoms with Crippen LogP contribution in [0.5, 0.6) is 5.75 Å². The Hall–Kier alpha value is -3.59. The zero-order valence-corrected chi connectivity index (χ0v) is 17.8. The Morgan fingerprint density at radius 1 is 1.34 bits per heavy atom. The number of para-hydroxylation sites is 1. The van der Waals surface area contributed by atoms with E-state index in [2.05, 4.69) is 5.32 Å². The summed E-state index contributed by atoms with van der Waals surface area (Å²) in [6.45, 7) is 2.77. The fourth-order valence-corrected chi connectivity index (χ4v) is 4.97. The van der Waals surface area contributed by atoms with Gasteiger partial charge in [-0.3, -0.25) is 9.59 Å². The first-order chi connectivity index (χ1) is 15.4. The number of hydrogen-bond acceptors (Lipinski definition) is 7. The maximum atomic E-state index is 13.9. The molecule has 1 spiro atoms. The van der Waals surface area contributed by atoms with Crippen molar-refractivity contribution < 1.29 is 23.8 Å². The van der Waals surface area contributed by atoms with Crippen molar-refractivity contribution in [2.75, 3.05) is 19.0 Å². The number of carbonyl (C=O) groups is 2. The number of anilines is 1. The van der Waals surface area contributed by atoms with Crippen LogP contribution in [0, 0.1) is 6.92 Å². The van der Waals surface area contributed by atoms with Crippen molar-refractivity contribution in [2.24, 2.45) is 5.73 Å². The van der Waals surface area contributed by atoms with E-state index in [4.69, 9.17) is 19.9 Å². The highest BCUT2D eigenvalue weighted by Gasteiger charge is 2.60. The molecule has 5 rings (SSSR count). The molecule has 32 heavy (non-hydrogen) atoms. The minimum absolute atomic E-state index is 0.0400. The van der Waals surface area contributed by atoms with Gasteiger partial charge in [-0.25, -0.2) is 4.79 Å². The molecule has 3 N–H and O–H groups in total. The molecule has 1 aromatic heterocycles. The van der Waals surface area contributed by atoms with Crippen molar-refractivity contribution in [1.82, 2.24) is 4.57 Å². The Bertz CT molecular complexity index is 1240. The molecule has 2 atom stereocenters. The van der Waals surface area contributed by atoms with E-state index >= 15 is 0 Å². The summed E-state index contributed by atoms with van der Waals surface area (Å²) in [4.78, 5) is 40.4. The number of hydrogen-bond donors (Lipinski definition) is 2. The zero-order valence-electron chi connectivity index (χ0n) is 17.8. The molecule has 4 heterocycles. The second-order valence-corrected chi connectivity index (χ2v) is 8.16. The van der Waals surface area contributed by atoms with E-state index in [1.807, 2.05) is 0 Å². The lowest BCUT2D eigenvalue weighted by Gasteiger charge is -2.35. The topological polar surface area (TPSA) is 122 Å². The van der Waals surface area contributed by atoms with Crippen molar-refractivity contribution in [3.05, 3.63) is 69.0 Å². The molecule has 1 saturated heterocycles. The molecule has 0 radical (unpaired) electrons. The summed E-state index contributed by atoms with van der Waals surface area (Å²) in [7, 11) is 1.19. The van der Waals surface area contributed by atoms with Crippen LogP contribution in [0.25, 0.3) is 0 Å². The number of benzene rings is 1. The third-order valence-corrected chi connectivity index (χ3v) is 6.41. The van der Waals surface area contributed by atoms with Gasteiger partial charge in [0.05, 0.1) is 25.3 Å². The average Bonchev–Trinajstić information content (AvgIpc) is 3.37. The first-order valence-electron chi connectivity index (χ1n) is 10.4. The molecule has 0 bridgehead atoms. The summed E-state index contributed by atoms with van der Waals surface area (Å²) in [5, 5.41) is 2.80. The number of aromatic nitrogens is 1. The third kappa shape index (κ3) is 2.64. The fourth-order valence-electron chi connectivity index (χ4n) is 4.97. The van der Waals surface area contributed by atoms with Gasteiger partial charge in [-0.2, -0.15) is 0 Å². The summed E-state index contributed by atoms with van der Waals surface area (Å²) < 4.78 is 18.0. The Balaban J connectivity index is 1.84. The summed E-state index contributed by atoms with van der Waals surface area (Å²) in [6, 6.07) is 8.57. The fraction of sp³-hybridized carbons (Fsp3) is 0.348. The maximum Gasteiger partial charge on any atom is 0.340 e. The first-order valence-corrected chi connectivity index (χ1v) is 10.4. The van der Waals surface area contributed by atoms with Gasteiger partial charge in [0.25, 0.3) is 5.56 Å². The smallest absolute Gasteiger partial charge is 0.340 e. The summed E-state index contributed by atoms with van der Waals surface area (Å²) in [5.74, 6) is -1.53. The second kappa shape index (κ2) is 7.23. The highest BCUT2D eigenvalue weighted by molar-refractivity contribution is 6.17. The van der Waals surface area contributed by atoms with Crippen molar-refractivity contribution in [3.8, 4) is 5.75 Å². The molecule has 2 aromatic rings. The molecule has 1 fully saturated rings. The number of carbonyl (C=O) groups excluding carboxylic acids is 2. The number of fused-ring (bicyclic) bond motifs is 4. The van der Waals surface area contributed by atoms with E-state index in [9.17, 15) is 14.4 Å². The van der Waals surface area contributed by atoms with Crippen molar-refractivity contribution in [3.63, 3.8) is 0 Å². The molecule has 0 saturated carbocycles. The van der Waals surface area contributed by atoms with Crippen LogP contribution >= 0.6 is 0 Å². The monoisotopic (exact) mass is 437 g/mol. The number of amides is 1. The lowest BCUT2D eigenvalue weighted by atomic mass is 9.68. The van der Waals surface area contributed by atoms with Crippen LogP contribution in [0.4, 0.5) is 5.69 Å². The van der Waals surface area contributed by atoms with Gasteiger partial charge in [0.15, 0.2) is 0 Å². The molecular weight excluding hydrogens is 414 g/mol. The van der Waals surface area contributed by atoms with Crippen molar-refractivity contribution in [2.45, 2.75) is 37.8 Å². The first kappa shape index (κ1) is 20.3. The Labute approximate surface area is 183 Å².